The van der Waals surface area contributed by atoms with Gasteiger partial charge in [0.15, 0.2) is 5.82 Å². The lowest BCUT2D eigenvalue weighted by Crippen LogP contribution is -2.24. The van der Waals surface area contributed by atoms with Crippen LogP contribution in [0.4, 0.5) is 0 Å². The molecule has 0 fully saturated rings. The zero-order valence-corrected chi connectivity index (χ0v) is 29.2. The topological polar surface area (TPSA) is 51.8 Å². The van der Waals surface area contributed by atoms with Gasteiger partial charge in [0, 0.05) is 33.2 Å². The zero-order valence-electron chi connectivity index (χ0n) is 28.4. The molecule has 0 amide bonds. The third-order valence-corrected chi connectivity index (χ3v) is 11.3. The molecule has 3 heterocycles. The van der Waals surface area contributed by atoms with E-state index in [0.29, 0.717) is 0 Å². The van der Waals surface area contributed by atoms with Crippen LogP contribution in [0.1, 0.15) is 42.1 Å². The highest BCUT2D eigenvalue weighted by Crippen LogP contribution is 2.35. The maximum atomic E-state index is 6.22. The number of allylic oxidation sites excluding steroid dienone is 4. The van der Waals surface area contributed by atoms with Crippen LogP contribution in [-0.2, 0) is 0 Å². The fourth-order valence-corrected chi connectivity index (χ4v) is 8.40. The van der Waals surface area contributed by atoms with Gasteiger partial charge in [-0.15, -0.1) is 11.3 Å². The number of nitrogens with zero attached hydrogens (tertiary/aromatic N) is 3. The molecule has 0 spiro atoms. The highest BCUT2D eigenvalue weighted by atomic mass is 32.1. The van der Waals surface area contributed by atoms with Gasteiger partial charge >= 0.3 is 0 Å². The highest BCUT2D eigenvalue weighted by molar-refractivity contribution is 7.21. The standard InChI is InChI=1S/C47H33N3OS/c1-2-8-30(9-3-1)31-16-22-35(23-17-31)46-48-41(29-42(49-46)34-20-24-36(25-21-34)47-50-40-11-5-7-13-45(40)52-47)33-18-14-32(15-19-33)37-26-27-39-38-10-4-6-12-43(38)51-44(39)28-37/h1-16,18-22,24-25,27-29,37H,17,23,26H2. The first kappa shape index (κ1) is 30.6. The summed E-state index contributed by atoms with van der Waals surface area (Å²) in [5, 5.41) is 3.42. The van der Waals surface area contributed by atoms with Crippen LogP contribution in [0.15, 0.2) is 150 Å². The molecular weight excluding hydrogens is 655 g/mol. The maximum Gasteiger partial charge on any atom is 0.156 e. The van der Waals surface area contributed by atoms with Crippen molar-refractivity contribution >= 4 is 55.8 Å². The molecule has 248 valence electrons. The summed E-state index contributed by atoms with van der Waals surface area (Å²) in [6.07, 6.45) is 11.8. The van der Waals surface area contributed by atoms with E-state index in [2.05, 4.69) is 140 Å². The van der Waals surface area contributed by atoms with Crippen LogP contribution in [0, 0.1) is 0 Å². The Labute approximate surface area is 305 Å². The number of benzene rings is 5. The molecular formula is C47H33N3OS. The van der Waals surface area contributed by atoms with E-state index in [-0.39, 0.29) is 5.92 Å². The lowest BCUT2D eigenvalue weighted by atomic mass is 9.91. The Morgan fingerprint density at radius 3 is 2.04 bits per heavy atom. The number of thiazole rings is 1. The van der Waals surface area contributed by atoms with Crippen LogP contribution >= 0.6 is 11.3 Å². The van der Waals surface area contributed by atoms with Gasteiger partial charge in [-0.1, -0.05) is 127 Å². The third kappa shape index (κ3) is 5.69. The Hall–Kier alpha value is -6.17. The minimum atomic E-state index is 0.255. The summed E-state index contributed by atoms with van der Waals surface area (Å²) in [6, 6.07) is 46.8. The lowest BCUT2D eigenvalue weighted by Gasteiger charge is -2.17. The monoisotopic (exact) mass is 687 g/mol. The molecule has 2 aliphatic rings. The van der Waals surface area contributed by atoms with Crippen molar-refractivity contribution < 1.29 is 4.42 Å². The summed E-state index contributed by atoms with van der Waals surface area (Å²) in [5.41, 5.74) is 13.0. The van der Waals surface area contributed by atoms with Gasteiger partial charge in [-0.25, -0.2) is 15.0 Å². The van der Waals surface area contributed by atoms with Crippen LogP contribution in [0.5, 0.6) is 0 Å². The normalized spacial score (nSPS) is 15.4. The largest absolute Gasteiger partial charge is 0.456 e. The first-order valence-electron chi connectivity index (χ1n) is 17.8. The molecule has 0 bridgehead atoms. The predicted molar refractivity (Wildman–Crippen MR) is 215 cm³/mol. The third-order valence-electron chi connectivity index (χ3n) is 10.3. The van der Waals surface area contributed by atoms with E-state index in [1.54, 1.807) is 11.3 Å². The van der Waals surface area contributed by atoms with Crippen molar-refractivity contribution in [2.75, 3.05) is 0 Å². The molecule has 4 nitrogen and oxygen atoms in total. The van der Waals surface area contributed by atoms with E-state index in [0.717, 1.165) is 80.3 Å². The molecule has 5 aromatic carbocycles. The molecule has 52 heavy (non-hydrogen) atoms. The fraction of sp³-hybridized carbons (Fsp3) is 0.0851. The maximum absolute atomic E-state index is 6.22. The molecule has 2 aliphatic carbocycles. The van der Waals surface area contributed by atoms with Crippen LogP contribution in [0.25, 0.3) is 77.6 Å². The van der Waals surface area contributed by atoms with Gasteiger partial charge in [-0.2, -0.15) is 0 Å². The van der Waals surface area contributed by atoms with Gasteiger partial charge in [0.1, 0.15) is 16.0 Å². The Bertz CT molecular complexity index is 2770. The number of hydrogen-bond donors (Lipinski definition) is 0. The molecule has 0 radical (unpaired) electrons. The van der Waals surface area contributed by atoms with Gasteiger partial charge < -0.3 is 4.42 Å². The van der Waals surface area contributed by atoms with E-state index in [1.165, 1.54) is 32.0 Å². The molecule has 8 aromatic rings. The van der Waals surface area contributed by atoms with E-state index in [9.17, 15) is 0 Å². The summed E-state index contributed by atoms with van der Waals surface area (Å²) < 4.78 is 7.42. The molecule has 1 unspecified atom stereocenters. The smallest absolute Gasteiger partial charge is 0.156 e. The number of hydrogen-bond acceptors (Lipinski definition) is 5. The Kier molecular flexibility index (Phi) is 7.58. The van der Waals surface area contributed by atoms with Crippen molar-refractivity contribution in [1.29, 1.82) is 0 Å². The molecule has 0 aliphatic heterocycles. The second-order valence-electron chi connectivity index (χ2n) is 13.5. The summed E-state index contributed by atoms with van der Waals surface area (Å²) in [6.45, 7) is 0. The zero-order chi connectivity index (χ0) is 34.4. The number of fused-ring (bicyclic) bond motifs is 4. The van der Waals surface area contributed by atoms with E-state index in [4.69, 9.17) is 19.4 Å². The predicted octanol–water partition coefficient (Wildman–Crippen LogP) is 10.8. The average molecular weight is 688 g/mol. The van der Waals surface area contributed by atoms with Gasteiger partial charge in [0.25, 0.3) is 0 Å². The second kappa shape index (κ2) is 12.9. The van der Waals surface area contributed by atoms with Crippen molar-refractivity contribution in [3.05, 3.63) is 173 Å². The molecule has 0 saturated heterocycles. The molecule has 5 heteroatoms. The van der Waals surface area contributed by atoms with E-state index < -0.39 is 0 Å². The summed E-state index contributed by atoms with van der Waals surface area (Å²) in [4.78, 5) is 15.2. The Morgan fingerprint density at radius 1 is 0.596 bits per heavy atom. The van der Waals surface area contributed by atoms with Gasteiger partial charge in [0.05, 0.1) is 21.6 Å². The summed E-state index contributed by atoms with van der Waals surface area (Å²) >= 11 is 1.72. The lowest BCUT2D eigenvalue weighted by molar-refractivity contribution is 0.569. The van der Waals surface area contributed by atoms with Crippen molar-refractivity contribution in [3.63, 3.8) is 0 Å². The summed E-state index contributed by atoms with van der Waals surface area (Å²) in [5.74, 6) is 1.04. The Balaban J connectivity index is 1.00. The molecule has 0 N–H and O–H groups in total. The molecule has 10 rings (SSSR count). The van der Waals surface area contributed by atoms with Gasteiger partial charge in [0.2, 0.25) is 0 Å². The summed E-state index contributed by atoms with van der Waals surface area (Å²) in [7, 11) is 0. The number of para-hydroxylation sites is 2. The van der Waals surface area contributed by atoms with Crippen LogP contribution in [0.3, 0.4) is 0 Å². The van der Waals surface area contributed by atoms with Crippen molar-refractivity contribution in [2.45, 2.75) is 25.2 Å². The Morgan fingerprint density at radius 2 is 1.27 bits per heavy atom. The quantitative estimate of drug-likeness (QED) is 0.175. The molecule has 1 atom stereocenters. The first-order valence-corrected chi connectivity index (χ1v) is 18.6. The molecule has 0 saturated carbocycles. The minimum absolute atomic E-state index is 0.255. The van der Waals surface area contributed by atoms with Crippen LogP contribution in [-0.4, -0.2) is 15.0 Å². The van der Waals surface area contributed by atoms with Gasteiger partial charge in [-0.05, 0) is 71.9 Å². The minimum Gasteiger partial charge on any atom is -0.456 e. The van der Waals surface area contributed by atoms with Crippen LogP contribution in [0.2, 0.25) is 0 Å². The van der Waals surface area contributed by atoms with Crippen LogP contribution < -0.4 is 10.6 Å². The SMILES string of the molecule is C1=C(c2ccccc2)CCC(c2nc(-c3ccc(-c4nc5ccccc5s4)cc3)cc(-c3ccc(C4C=c5oc6ccccc6c5=CC4)cc3)n2)=C1. The van der Waals surface area contributed by atoms with Crippen molar-refractivity contribution in [3.8, 4) is 33.1 Å². The average Bonchev–Trinajstić information content (AvgIpc) is 3.83. The fourth-order valence-electron chi connectivity index (χ4n) is 7.43. The highest BCUT2D eigenvalue weighted by Gasteiger charge is 2.18. The van der Waals surface area contributed by atoms with E-state index >= 15 is 0 Å². The first-order chi connectivity index (χ1) is 25.7. The number of rotatable bonds is 6. The van der Waals surface area contributed by atoms with Gasteiger partial charge in [-0.3, -0.25) is 0 Å². The van der Waals surface area contributed by atoms with E-state index in [1.807, 2.05) is 18.2 Å². The number of aromatic nitrogens is 3. The molecule has 3 aromatic heterocycles. The second-order valence-corrected chi connectivity index (χ2v) is 14.5. The number of furan rings is 1. The van der Waals surface area contributed by atoms with Crippen molar-refractivity contribution in [2.24, 2.45) is 0 Å². The van der Waals surface area contributed by atoms with Crippen molar-refractivity contribution in [1.82, 2.24) is 15.0 Å².